The molecule has 1 aromatic carbocycles. The molecule has 0 fully saturated rings. The fourth-order valence-electron chi connectivity index (χ4n) is 1.79. The molecule has 0 saturated heterocycles. The van der Waals surface area contributed by atoms with Crippen molar-refractivity contribution in [1.82, 2.24) is 9.97 Å². The van der Waals surface area contributed by atoms with Crippen LogP contribution < -0.4 is 5.32 Å². The Hall–Kier alpha value is -1.46. The number of aryl methyl sites for hydroxylation is 1. The minimum atomic E-state index is 0.179. The lowest BCUT2D eigenvalue weighted by molar-refractivity contribution is 0.292. The molecule has 0 atom stereocenters. The Balaban J connectivity index is 2.27. The van der Waals surface area contributed by atoms with E-state index in [1.54, 1.807) is 0 Å². The van der Waals surface area contributed by atoms with E-state index in [4.69, 9.17) is 5.11 Å². The number of nitrogens with one attached hydrogen (secondary N) is 1. The molecular formula is C15H18BrN3O. The van der Waals surface area contributed by atoms with E-state index in [0.29, 0.717) is 13.0 Å². The van der Waals surface area contributed by atoms with Gasteiger partial charge >= 0.3 is 0 Å². The molecule has 0 radical (unpaired) electrons. The Morgan fingerprint density at radius 3 is 2.60 bits per heavy atom. The molecule has 0 spiro atoms. The zero-order valence-electron chi connectivity index (χ0n) is 11.4. The summed E-state index contributed by atoms with van der Waals surface area (Å²) in [5.74, 6) is 1.53. The Kier molecular flexibility index (Phi) is 5.49. The van der Waals surface area contributed by atoms with E-state index < -0.39 is 0 Å². The van der Waals surface area contributed by atoms with Gasteiger partial charge in [-0.05, 0) is 25.0 Å². The van der Waals surface area contributed by atoms with E-state index in [1.807, 2.05) is 30.3 Å². The second-order valence-corrected chi connectivity index (χ2v) is 5.35. The molecule has 0 aliphatic rings. The molecule has 0 aliphatic carbocycles. The number of anilines is 1. The van der Waals surface area contributed by atoms with Gasteiger partial charge < -0.3 is 10.4 Å². The average molecular weight is 336 g/mol. The molecule has 0 saturated carbocycles. The summed E-state index contributed by atoms with van der Waals surface area (Å²) in [4.78, 5) is 9.10. The standard InChI is InChI=1S/C15H18BrN3O/c1-2-13-10-14(17-8-3-9-20)19-15(18-13)11-4-6-12(16)7-5-11/h4-7,10,20H,2-3,8-9H2,1H3,(H,17,18,19). The van der Waals surface area contributed by atoms with Crippen LogP contribution in [0.5, 0.6) is 0 Å². The average Bonchev–Trinajstić information content (AvgIpc) is 2.48. The van der Waals surface area contributed by atoms with Crippen LogP contribution in [0.2, 0.25) is 0 Å². The largest absolute Gasteiger partial charge is 0.396 e. The van der Waals surface area contributed by atoms with Crippen molar-refractivity contribution in [2.24, 2.45) is 0 Å². The van der Waals surface area contributed by atoms with Gasteiger partial charge in [0.25, 0.3) is 0 Å². The van der Waals surface area contributed by atoms with Gasteiger partial charge in [-0.15, -0.1) is 0 Å². The maximum Gasteiger partial charge on any atom is 0.161 e. The highest BCUT2D eigenvalue weighted by Gasteiger charge is 2.06. The highest BCUT2D eigenvalue weighted by atomic mass is 79.9. The summed E-state index contributed by atoms with van der Waals surface area (Å²) in [6.45, 7) is 2.96. The third kappa shape index (κ3) is 4.02. The van der Waals surface area contributed by atoms with Crippen LogP contribution in [0.25, 0.3) is 11.4 Å². The van der Waals surface area contributed by atoms with Crippen molar-refractivity contribution in [3.05, 3.63) is 40.5 Å². The van der Waals surface area contributed by atoms with Crippen molar-refractivity contribution in [2.45, 2.75) is 19.8 Å². The smallest absolute Gasteiger partial charge is 0.161 e. The number of hydrogen-bond acceptors (Lipinski definition) is 4. The van der Waals surface area contributed by atoms with Crippen molar-refractivity contribution in [1.29, 1.82) is 0 Å². The van der Waals surface area contributed by atoms with E-state index in [1.165, 1.54) is 0 Å². The Bertz CT molecular complexity index is 558. The van der Waals surface area contributed by atoms with Crippen LogP contribution in [0.15, 0.2) is 34.8 Å². The molecule has 0 bridgehead atoms. The SMILES string of the molecule is CCc1cc(NCCCO)nc(-c2ccc(Br)cc2)n1. The molecule has 0 unspecified atom stereocenters. The van der Waals surface area contributed by atoms with Crippen LogP contribution in [0.4, 0.5) is 5.82 Å². The summed E-state index contributed by atoms with van der Waals surface area (Å²) in [7, 11) is 0. The van der Waals surface area contributed by atoms with E-state index in [-0.39, 0.29) is 6.61 Å². The first-order chi connectivity index (χ1) is 9.72. The number of aliphatic hydroxyl groups is 1. The Morgan fingerprint density at radius 1 is 1.20 bits per heavy atom. The Morgan fingerprint density at radius 2 is 1.95 bits per heavy atom. The lowest BCUT2D eigenvalue weighted by atomic mass is 10.2. The third-order valence-corrected chi connectivity index (χ3v) is 3.41. The van der Waals surface area contributed by atoms with Crippen LogP contribution in [-0.2, 0) is 6.42 Å². The first-order valence-electron chi connectivity index (χ1n) is 6.71. The van der Waals surface area contributed by atoms with Gasteiger partial charge in [-0.25, -0.2) is 9.97 Å². The predicted octanol–water partition coefficient (Wildman–Crippen LogP) is 3.26. The van der Waals surface area contributed by atoms with Crippen LogP contribution in [0.1, 0.15) is 19.0 Å². The minimum Gasteiger partial charge on any atom is -0.396 e. The molecule has 0 aliphatic heterocycles. The third-order valence-electron chi connectivity index (χ3n) is 2.88. The zero-order valence-corrected chi connectivity index (χ0v) is 13.0. The van der Waals surface area contributed by atoms with Gasteiger partial charge in [0, 0.05) is 34.9 Å². The van der Waals surface area contributed by atoms with E-state index in [9.17, 15) is 0 Å². The van der Waals surface area contributed by atoms with Gasteiger partial charge in [-0.3, -0.25) is 0 Å². The number of hydrogen-bond donors (Lipinski definition) is 2. The second-order valence-electron chi connectivity index (χ2n) is 4.43. The molecule has 5 heteroatoms. The summed E-state index contributed by atoms with van der Waals surface area (Å²) in [6.07, 6.45) is 1.57. The van der Waals surface area contributed by atoms with E-state index in [0.717, 1.165) is 33.8 Å². The van der Waals surface area contributed by atoms with Crippen molar-refractivity contribution >= 4 is 21.7 Å². The van der Waals surface area contributed by atoms with E-state index in [2.05, 4.69) is 38.1 Å². The molecule has 1 heterocycles. The van der Waals surface area contributed by atoms with Crippen molar-refractivity contribution in [3.8, 4) is 11.4 Å². The van der Waals surface area contributed by atoms with Crippen molar-refractivity contribution in [2.75, 3.05) is 18.5 Å². The molecule has 0 amide bonds. The maximum atomic E-state index is 8.83. The van der Waals surface area contributed by atoms with Gasteiger partial charge in [0.1, 0.15) is 5.82 Å². The summed E-state index contributed by atoms with van der Waals surface area (Å²) in [5, 5.41) is 12.0. The molecule has 106 valence electrons. The molecule has 2 aromatic rings. The number of aromatic nitrogens is 2. The number of benzene rings is 1. The molecule has 4 nitrogen and oxygen atoms in total. The first-order valence-corrected chi connectivity index (χ1v) is 7.51. The van der Waals surface area contributed by atoms with Crippen LogP contribution >= 0.6 is 15.9 Å². The van der Waals surface area contributed by atoms with Crippen LogP contribution in [-0.4, -0.2) is 28.2 Å². The summed E-state index contributed by atoms with van der Waals surface area (Å²) in [5.41, 5.74) is 2.00. The second kappa shape index (κ2) is 7.36. The molecule has 2 N–H and O–H groups in total. The highest BCUT2D eigenvalue weighted by molar-refractivity contribution is 9.10. The molecular weight excluding hydrogens is 318 g/mol. The lowest BCUT2D eigenvalue weighted by Crippen LogP contribution is -2.07. The van der Waals surface area contributed by atoms with Gasteiger partial charge in [-0.1, -0.05) is 35.0 Å². The summed E-state index contributed by atoms with van der Waals surface area (Å²) >= 11 is 3.43. The fraction of sp³-hybridized carbons (Fsp3) is 0.333. The lowest BCUT2D eigenvalue weighted by Gasteiger charge is -2.09. The molecule has 20 heavy (non-hydrogen) atoms. The van der Waals surface area contributed by atoms with E-state index >= 15 is 0 Å². The molecule has 2 rings (SSSR count). The van der Waals surface area contributed by atoms with Gasteiger partial charge in [-0.2, -0.15) is 0 Å². The number of rotatable bonds is 6. The van der Waals surface area contributed by atoms with Crippen LogP contribution in [0.3, 0.4) is 0 Å². The quantitative estimate of drug-likeness (QED) is 0.795. The van der Waals surface area contributed by atoms with Gasteiger partial charge in [0.2, 0.25) is 0 Å². The summed E-state index contributed by atoms with van der Waals surface area (Å²) in [6, 6.07) is 9.92. The summed E-state index contributed by atoms with van der Waals surface area (Å²) < 4.78 is 1.04. The van der Waals surface area contributed by atoms with Gasteiger partial charge in [0.15, 0.2) is 5.82 Å². The fourth-order valence-corrected chi connectivity index (χ4v) is 2.06. The molecule has 1 aromatic heterocycles. The minimum absolute atomic E-state index is 0.179. The van der Waals surface area contributed by atoms with Gasteiger partial charge in [0.05, 0.1) is 0 Å². The number of aliphatic hydroxyl groups excluding tert-OH is 1. The predicted molar refractivity (Wildman–Crippen MR) is 84.7 cm³/mol. The Labute approximate surface area is 127 Å². The number of halogens is 1. The topological polar surface area (TPSA) is 58.0 Å². The highest BCUT2D eigenvalue weighted by Crippen LogP contribution is 2.20. The maximum absolute atomic E-state index is 8.83. The first kappa shape index (κ1) is 14.9. The zero-order chi connectivity index (χ0) is 14.4. The van der Waals surface area contributed by atoms with Crippen molar-refractivity contribution in [3.63, 3.8) is 0 Å². The normalized spacial score (nSPS) is 10.6. The van der Waals surface area contributed by atoms with Crippen LogP contribution in [0, 0.1) is 0 Å². The number of nitrogens with zero attached hydrogens (tertiary/aromatic N) is 2. The monoisotopic (exact) mass is 335 g/mol. The van der Waals surface area contributed by atoms with Crippen molar-refractivity contribution < 1.29 is 5.11 Å².